The Labute approximate surface area is 140 Å². The number of halogens is 2. The first kappa shape index (κ1) is 18.4. The van der Waals surface area contributed by atoms with Gasteiger partial charge in [-0.15, -0.1) is 0 Å². The van der Waals surface area contributed by atoms with Crippen molar-refractivity contribution in [3.63, 3.8) is 0 Å². The van der Waals surface area contributed by atoms with Crippen LogP contribution in [0, 0.1) is 11.6 Å². The third-order valence-electron chi connectivity index (χ3n) is 3.58. The molecule has 1 aliphatic rings. The molecule has 1 aromatic rings. The van der Waals surface area contributed by atoms with E-state index in [1.165, 1.54) is 6.07 Å². The smallest absolute Gasteiger partial charge is 0.188 e. The maximum Gasteiger partial charge on any atom is 0.188 e. The van der Waals surface area contributed by atoms with Crippen molar-refractivity contribution < 1.29 is 18.3 Å². The minimum absolute atomic E-state index is 0.0132. The summed E-state index contributed by atoms with van der Waals surface area (Å²) in [6.07, 6.45) is 0.930. The second kappa shape index (κ2) is 10.0. The van der Waals surface area contributed by atoms with Gasteiger partial charge in [0.1, 0.15) is 12.4 Å². The average Bonchev–Trinajstić information content (AvgIpc) is 2.58. The normalized spacial score (nSPS) is 16.2. The molecule has 1 fully saturated rings. The van der Waals surface area contributed by atoms with E-state index in [1.807, 2.05) is 0 Å². The molecule has 24 heavy (non-hydrogen) atoms. The van der Waals surface area contributed by atoms with Gasteiger partial charge in [-0.05, 0) is 18.6 Å². The van der Waals surface area contributed by atoms with Gasteiger partial charge in [-0.2, -0.15) is 0 Å². The van der Waals surface area contributed by atoms with E-state index in [0.717, 1.165) is 51.4 Å². The summed E-state index contributed by atoms with van der Waals surface area (Å²) < 4.78 is 36.6. The van der Waals surface area contributed by atoms with Gasteiger partial charge in [0.2, 0.25) is 0 Å². The zero-order valence-corrected chi connectivity index (χ0v) is 13.6. The lowest BCUT2D eigenvalue weighted by molar-refractivity contribution is 0.0377. The number of hydrogen-bond acceptors (Lipinski definition) is 4. The fourth-order valence-electron chi connectivity index (χ4n) is 2.31. The third kappa shape index (κ3) is 6.67. The molecule has 0 atom stereocenters. The van der Waals surface area contributed by atoms with Crippen molar-refractivity contribution in [3.05, 3.63) is 29.8 Å². The van der Waals surface area contributed by atoms with Crippen LogP contribution in [-0.2, 0) is 4.74 Å². The highest BCUT2D eigenvalue weighted by Gasteiger charge is 2.09. The topological polar surface area (TPSA) is 72.1 Å². The summed E-state index contributed by atoms with van der Waals surface area (Å²) in [5, 5.41) is 2.89. The van der Waals surface area contributed by atoms with Gasteiger partial charge in [0.15, 0.2) is 17.5 Å². The van der Waals surface area contributed by atoms with Crippen molar-refractivity contribution in [1.82, 2.24) is 10.2 Å². The Hall–Kier alpha value is -1.93. The lowest BCUT2D eigenvalue weighted by Crippen LogP contribution is -2.37. The number of rotatable bonds is 8. The summed E-state index contributed by atoms with van der Waals surface area (Å²) in [7, 11) is 0. The number of ether oxygens (including phenoxy) is 2. The molecule has 0 amide bonds. The number of nitrogens with two attached hydrogens (primary N) is 1. The van der Waals surface area contributed by atoms with E-state index < -0.39 is 11.6 Å². The first-order valence-corrected chi connectivity index (χ1v) is 8.07. The molecule has 3 N–H and O–H groups in total. The highest BCUT2D eigenvalue weighted by atomic mass is 19.1. The Morgan fingerprint density at radius 2 is 2.12 bits per heavy atom. The second-order valence-electron chi connectivity index (χ2n) is 5.42. The lowest BCUT2D eigenvalue weighted by Gasteiger charge is -2.26. The zero-order chi connectivity index (χ0) is 17.2. The lowest BCUT2D eigenvalue weighted by atomic mass is 10.3. The molecule has 0 aliphatic carbocycles. The highest BCUT2D eigenvalue weighted by Crippen LogP contribution is 2.17. The molecule has 0 aromatic heterocycles. The molecule has 1 heterocycles. The van der Waals surface area contributed by atoms with Gasteiger partial charge in [0, 0.05) is 32.2 Å². The Morgan fingerprint density at radius 1 is 1.33 bits per heavy atom. The predicted octanol–water partition coefficient (Wildman–Crippen LogP) is 0.970. The Morgan fingerprint density at radius 3 is 2.88 bits per heavy atom. The minimum Gasteiger partial charge on any atom is -0.489 e. The Balaban J connectivity index is 1.56. The number of morpholine rings is 1. The molecule has 1 aromatic carbocycles. The van der Waals surface area contributed by atoms with Crippen LogP contribution in [0.5, 0.6) is 5.75 Å². The maximum atomic E-state index is 13.3. The van der Waals surface area contributed by atoms with E-state index >= 15 is 0 Å². The summed E-state index contributed by atoms with van der Waals surface area (Å²) in [4.78, 5) is 6.57. The van der Waals surface area contributed by atoms with Gasteiger partial charge in [0.25, 0.3) is 0 Å². The van der Waals surface area contributed by atoms with Crippen molar-refractivity contribution in [1.29, 1.82) is 0 Å². The molecule has 0 spiro atoms. The van der Waals surface area contributed by atoms with Crippen LogP contribution < -0.4 is 15.8 Å². The van der Waals surface area contributed by atoms with Crippen LogP contribution in [0.2, 0.25) is 0 Å². The number of aliphatic imine (C=N–C) groups is 1. The Bertz CT molecular complexity index is 537. The number of nitrogens with one attached hydrogen (secondary N) is 1. The van der Waals surface area contributed by atoms with Crippen molar-refractivity contribution in [2.75, 3.05) is 52.5 Å². The monoisotopic (exact) mass is 342 g/mol. The number of nitrogens with zero attached hydrogens (tertiary/aromatic N) is 2. The van der Waals surface area contributed by atoms with Gasteiger partial charge < -0.3 is 20.5 Å². The summed E-state index contributed by atoms with van der Waals surface area (Å²) in [6.45, 7) is 5.73. The SMILES string of the molecule is NC(=NCCCN1CCOCC1)NCCOc1ccc(F)cc1F. The summed E-state index contributed by atoms with van der Waals surface area (Å²) in [5.74, 6) is -1.01. The molecule has 0 unspecified atom stereocenters. The fourth-order valence-corrected chi connectivity index (χ4v) is 2.31. The summed E-state index contributed by atoms with van der Waals surface area (Å²) in [5.41, 5.74) is 5.75. The van der Waals surface area contributed by atoms with Crippen molar-refractivity contribution >= 4 is 5.96 Å². The van der Waals surface area contributed by atoms with Gasteiger partial charge >= 0.3 is 0 Å². The molecule has 0 radical (unpaired) electrons. The van der Waals surface area contributed by atoms with Crippen LogP contribution >= 0.6 is 0 Å². The number of hydrogen-bond donors (Lipinski definition) is 2. The van der Waals surface area contributed by atoms with Crippen molar-refractivity contribution in [3.8, 4) is 5.75 Å². The molecule has 134 valence electrons. The van der Waals surface area contributed by atoms with E-state index in [9.17, 15) is 8.78 Å². The minimum atomic E-state index is -0.722. The molecule has 1 saturated heterocycles. The average molecular weight is 342 g/mol. The largest absolute Gasteiger partial charge is 0.489 e. The van der Waals surface area contributed by atoms with Crippen LogP contribution in [0.15, 0.2) is 23.2 Å². The van der Waals surface area contributed by atoms with E-state index in [-0.39, 0.29) is 12.4 Å². The predicted molar refractivity (Wildman–Crippen MR) is 88.2 cm³/mol. The zero-order valence-electron chi connectivity index (χ0n) is 13.6. The third-order valence-corrected chi connectivity index (χ3v) is 3.58. The highest BCUT2D eigenvalue weighted by molar-refractivity contribution is 5.77. The number of guanidine groups is 1. The van der Waals surface area contributed by atoms with E-state index in [0.29, 0.717) is 19.0 Å². The standard InChI is InChI=1S/C16H24F2N4O2/c17-13-2-3-15(14(18)12-13)24-9-5-21-16(19)20-4-1-6-22-7-10-23-11-8-22/h2-3,12H,1,4-11H2,(H3,19,20,21). The van der Waals surface area contributed by atoms with Crippen LogP contribution in [0.1, 0.15) is 6.42 Å². The van der Waals surface area contributed by atoms with E-state index in [2.05, 4.69) is 15.2 Å². The summed E-state index contributed by atoms with van der Waals surface area (Å²) >= 11 is 0. The van der Waals surface area contributed by atoms with Crippen LogP contribution in [0.25, 0.3) is 0 Å². The van der Waals surface area contributed by atoms with Crippen molar-refractivity contribution in [2.24, 2.45) is 10.7 Å². The molecule has 0 saturated carbocycles. The van der Waals surface area contributed by atoms with Crippen LogP contribution in [0.3, 0.4) is 0 Å². The first-order valence-electron chi connectivity index (χ1n) is 8.07. The van der Waals surface area contributed by atoms with Gasteiger partial charge in [-0.3, -0.25) is 9.89 Å². The molecular weight excluding hydrogens is 318 g/mol. The fraction of sp³-hybridized carbons (Fsp3) is 0.562. The first-order chi connectivity index (χ1) is 11.6. The molecule has 2 rings (SSSR count). The van der Waals surface area contributed by atoms with Crippen LogP contribution in [0.4, 0.5) is 8.78 Å². The van der Waals surface area contributed by atoms with Crippen molar-refractivity contribution in [2.45, 2.75) is 6.42 Å². The molecule has 8 heteroatoms. The molecule has 0 bridgehead atoms. The van der Waals surface area contributed by atoms with E-state index in [4.69, 9.17) is 15.2 Å². The molecule has 1 aliphatic heterocycles. The Kier molecular flexibility index (Phi) is 7.70. The van der Waals surface area contributed by atoms with Gasteiger partial charge in [-0.25, -0.2) is 8.78 Å². The van der Waals surface area contributed by atoms with Crippen LogP contribution in [-0.4, -0.2) is 63.4 Å². The van der Waals surface area contributed by atoms with Gasteiger partial charge in [0.05, 0.1) is 19.8 Å². The number of benzene rings is 1. The molecule has 6 nitrogen and oxygen atoms in total. The van der Waals surface area contributed by atoms with E-state index in [1.54, 1.807) is 0 Å². The maximum absolute atomic E-state index is 13.3. The summed E-state index contributed by atoms with van der Waals surface area (Å²) in [6, 6.07) is 3.19. The quantitative estimate of drug-likeness (QED) is 0.418. The molecular formula is C16H24F2N4O2. The second-order valence-corrected chi connectivity index (χ2v) is 5.42. The van der Waals surface area contributed by atoms with Gasteiger partial charge in [-0.1, -0.05) is 0 Å².